The van der Waals surface area contributed by atoms with Crippen LogP contribution in [-0.2, 0) is 19.6 Å². The maximum atomic E-state index is 12.6. The molecule has 9 nitrogen and oxygen atoms in total. The van der Waals surface area contributed by atoms with E-state index in [1.54, 1.807) is 36.4 Å². The number of anilines is 2. The van der Waals surface area contributed by atoms with Gasteiger partial charge in [0.05, 0.1) is 41.4 Å². The maximum Gasteiger partial charge on any atom is 0.253 e. The van der Waals surface area contributed by atoms with Crippen molar-refractivity contribution in [3.63, 3.8) is 0 Å². The SMILES string of the molecule is COc1ccc(N(CCCC(=O)Nc2ccccc2C(=O)NC[C@H]2CCCO2)S(C)(=O)=O)cc1Cl. The van der Waals surface area contributed by atoms with Crippen molar-refractivity contribution >= 4 is 44.8 Å². The van der Waals surface area contributed by atoms with E-state index in [1.165, 1.54) is 17.5 Å². The van der Waals surface area contributed by atoms with Gasteiger partial charge in [-0.05, 0) is 49.6 Å². The van der Waals surface area contributed by atoms with Crippen LogP contribution in [0.4, 0.5) is 11.4 Å². The fraction of sp³-hybridized carbons (Fsp3) is 0.417. The lowest BCUT2D eigenvalue weighted by Gasteiger charge is -2.23. The van der Waals surface area contributed by atoms with E-state index in [2.05, 4.69) is 10.6 Å². The molecule has 0 unspecified atom stereocenters. The molecule has 2 aromatic rings. The van der Waals surface area contributed by atoms with Gasteiger partial charge < -0.3 is 20.1 Å². The molecule has 1 aliphatic heterocycles. The van der Waals surface area contributed by atoms with Crippen molar-refractivity contribution in [1.29, 1.82) is 0 Å². The van der Waals surface area contributed by atoms with Crippen LogP contribution < -0.4 is 19.7 Å². The zero-order valence-electron chi connectivity index (χ0n) is 19.8. The van der Waals surface area contributed by atoms with Crippen LogP contribution in [-0.4, -0.2) is 59.4 Å². The van der Waals surface area contributed by atoms with Crippen molar-refractivity contribution in [2.45, 2.75) is 31.8 Å². The van der Waals surface area contributed by atoms with Gasteiger partial charge in [0.15, 0.2) is 0 Å². The highest BCUT2D eigenvalue weighted by molar-refractivity contribution is 7.92. The number of para-hydroxylation sites is 1. The van der Waals surface area contributed by atoms with Gasteiger partial charge in [-0.25, -0.2) is 8.42 Å². The standard InChI is InChI=1S/C24H30ClN3O6S/c1-33-22-12-11-17(15-20(22)25)28(35(2,31)32)13-5-10-23(29)27-21-9-4-3-8-19(21)24(30)26-16-18-7-6-14-34-18/h3-4,8-9,11-12,15,18H,5-7,10,13-14,16H2,1-2H3,(H,26,30)(H,27,29)/t18-/m1/s1. The van der Waals surface area contributed by atoms with Crippen molar-refractivity contribution in [1.82, 2.24) is 5.32 Å². The summed E-state index contributed by atoms with van der Waals surface area (Å²) in [4.78, 5) is 25.2. The molecule has 2 N–H and O–H groups in total. The van der Waals surface area contributed by atoms with Crippen LogP contribution in [0.2, 0.25) is 5.02 Å². The molecule has 1 heterocycles. The van der Waals surface area contributed by atoms with Gasteiger partial charge in [-0.2, -0.15) is 0 Å². The van der Waals surface area contributed by atoms with Gasteiger partial charge in [0, 0.05) is 26.1 Å². The maximum absolute atomic E-state index is 12.6. The molecule has 0 spiro atoms. The number of halogens is 1. The summed E-state index contributed by atoms with van der Waals surface area (Å²) < 4.78 is 36.5. The second-order valence-corrected chi connectivity index (χ2v) is 10.5. The van der Waals surface area contributed by atoms with E-state index >= 15 is 0 Å². The smallest absolute Gasteiger partial charge is 0.253 e. The summed E-state index contributed by atoms with van der Waals surface area (Å²) in [5.74, 6) is -0.191. The van der Waals surface area contributed by atoms with E-state index in [0.29, 0.717) is 35.8 Å². The molecular weight excluding hydrogens is 494 g/mol. The van der Waals surface area contributed by atoms with Crippen molar-refractivity contribution in [3.05, 3.63) is 53.1 Å². The highest BCUT2D eigenvalue weighted by Gasteiger charge is 2.20. The number of methoxy groups -OCH3 is 1. The van der Waals surface area contributed by atoms with E-state index in [1.807, 2.05) is 0 Å². The number of ether oxygens (including phenoxy) is 2. The second-order valence-electron chi connectivity index (χ2n) is 8.20. The molecule has 11 heteroatoms. The van der Waals surface area contributed by atoms with Crippen LogP contribution in [0.3, 0.4) is 0 Å². The summed E-state index contributed by atoms with van der Waals surface area (Å²) in [5.41, 5.74) is 1.13. The summed E-state index contributed by atoms with van der Waals surface area (Å²) in [5, 5.41) is 5.89. The van der Waals surface area contributed by atoms with Gasteiger partial charge in [0.1, 0.15) is 5.75 Å². The minimum atomic E-state index is -3.60. The molecular formula is C24H30ClN3O6S. The van der Waals surface area contributed by atoms with Crippen molar-refractivity contribution in [2.24, 2.45) is 0 Å². The number of hydrogen-bond donors (Lipinski definition) is 2. The predicted octanol–water partition coefficient (Wildman–Crippen LogP) is 3.44. The lowest BCUT2D eigenvalue weighted by atomic mass is 10.1. The lowest BCUT2D eigenvalue weighted by Crippen LogP contribution is -2.32. The first-order valence-corrected chi connectivity index (χ1v) is 13.5. The highest BCUT2D eigenvalue weighted by atomic mass is 35.5. The van der Waals surface area contributed by atoms with Crippen LogP contribution >= 0.6 is 11.6 Å². The molecule has 3 rings (SSSR count). The zero-order valence-corrected chi connectivity index (χ0v) is 21.3. The fourth-order valence-corrected chi connectivity index (χ4v) is 5.00. The molecule has 0 aromatic heterocycles. The van der Waals surface area contributed by atoms with Crippen LogP contribution in [0.5, 0.6) is 5.75 Å². The Hall–Kier alpha value is -2.82. The third kappa shape index (κ3) is 7.58. The second kappa shape index (κ2) is 12.2. The van der Waals surface area contributed by atoms with Gasteiger partial charge in [-0.3, -0.25) is 13.9 Å². The van der Waals surface area contributed by atoms with E-state index < -0.39 is 10.0 Å². The first-order valence-electron chi connectivity index (χ1n) is 11.3. The van der Waals surface area contributed by atoms with E-state index in [4.69, 9.17) is 21.1 Å². The number of carbonyl (C=O) groups excluding carboxylic acids is 2. The van der Waals surface area contributed by atoms with Gasteiger partial charge in [-0.15, -0.1) is 0 Å². The largest absolute Gasteiger partial charge is 0.495 e. The van der Waals surface area contributed by atoms with Crippen LogP contribution in [0, 0.1) is 0 Å². The van der Waals surface area contributed by atoms with Crippen molar-refractivity contribution in [3.8, 4) is 5.75 Å². The summed E-state index contributed by atoms with van der Waals surface area (Å²) >= 11 is 6.15. The monoisotopic (exact) mass is 523 g/mol. The Balaban J connectivity index is 1.58. The molecule has 35 heavy (non-hydrogen) atoms. The van der Waals surface area contributed by atoms with Crippen molar-refractivity contribution in [2.75, 3.05) is 42.7 Å². The normalized spacial score (nSPS) is 15.5. The molecule has 1 atom stereocenters. The Labute approximate surface area is 210 Å². The summed E-state index contributed by atoms with van der Waals surface area (Å²) in [7, 11) is -2.13. The van der Waals surface area contributed by atoms with Crippen LogP contribution in [0.15, 0.2) is 42.5 Å². The van der Waals surface area contributed by atoms with Gasteiger partial charge in [-0.1, -0.05) is 23.7 Å². The third-order valence-electron chi connectivity index (χ3n) is 5.55. The number of sulfonamides is 1. The molecule has 2 aromatic carbocycles. The van der Waals surface area contributed by atoms with Crippen LogP contribution in [0.1, 0.15) is 36.0 Å². The summed E-state index contributed by atoms with van der Waals surface area (Å²) in [6, 6.07) is 11.4. The summed E-state index contributed by atoms with van der Waals surface area (Å²) in [6.45, 7) is 1.20. The number of benzene rings is 2. The van der Waals surface area contributed by atoms with E-state index in [0.717, 1.165) is 19.1 Å². The topological polar surface area (TPSA) is 114 Å². The zero-order chi connectivity index (χ0) is 25.4. The van der Waals surface area contributed by atoms with Crippen LogP contribution in [0.25, 0.3) is 0 Å². The Morgan fingerprint density at radius 1 is 1.23 bits per heavy atom. The Kier molecular flexibility index (Phi) is 9.36. The Bertz CT molecular complexity index is 1150. The quantitative estimate of drug-likeness (QED) is 0.466. The fourth-order valence-electron chi connectivity index (χ4n) is 3.79. The molecule has 1 fully saturated rings. The number of amides is 2. The average molecular weight is 524 g/mol. The number of hydrogen-bond acceptors (Lipinski definition) is 6. The van der Waals surface area contributed by atoms with E-state index in [-0.39, 0.29) is 42.3 Å². The molecule has 1 aliphatic rings. The Morgan fingerprint density at radius 3 is 2.66 bits per heavy atom. The third-order valence-corrected chi connectivity index (χ3v) is 7.04. The highest BCUT2D eigenvalue weighted by Crippen LogP contribution is 2.30. The molecule has 1 saturated heterocycles. The first-order chi connectivity index (χ1) is 16.7. The average Bonchev–Trinajstić information content (AvgIpc) is 3.33. The predicted molar refractivity (Wildman–Crippen MR) is 136 cm³/mol. The van der Waals surface area contributed by atoms with E-state index in [9.17, 15) is 18.0 Å². The molecule has 0 saturated carbocycles. The van der Waals surface area contributed by atoms with Crippen molar-refractivity contribution < 1.29 is 27.5 Å². The number of nitrogens with zero attached hydrogens (tertiary/aromatic N) is 1. The van der Waals surface area contributed by atoms with Gasteiger partial charge in [0.2, 0.25) is 15.9 Å². The molecule has 0 bridgehead atoms. The molecule has 0 radical (unpaired) electrons. The minimum absolute atomic E-state index is 0.0130. The minimum Gasteiger partial charge on any atom is -0.495 e. The number of carbonyl (C=O) groups is 2. The Morgan fingerprint density at radius 2 is 2.00 bits per heavy atom. The molecule has 190 valence electrons. The molecule has 2 amide bonds. The van der Waals surface area contributed by atoms with Gasteiger partial charge >= 0.3 is 0 Å². The molecule has 0 aliphatic carbocycles. The lowest BCUT2D eigenvalue weighted by molar-refractivity contribution is -0.116. The first kappa shape index (κ1) is 26.8. The summed E-state index contributed by atoms with van der Waals surface area (Å²) in [6.07, 6.45) is 3.31. The van der Waals surface area contributed by atoms with Gasteiger partial charge in [0.25, 0.3) is 5.91 Å². The number of nitrogens with one attached hydrogen (secondary N) is 2. The number of rotatable bonds is 11.